The summed E-state index contributed by atoms with van der Waals surface area (Å²) in [6.45, 7) is 12.0. The molecule has 2 rings (SSSR count). The van der Waals surface area contributed by atoms with Crippen LogP contribution in [0.15, 0.2) is 12.1 Å². The number of ether oxygens (including phenoxy) is 2. The summed E-state index contributed by atoms with van der Waals surface area (Å²) in [7, 11) is 0. The standard InChI is InChI=1S/C21H33N3O4/c1-5-16(6-2)19(24-10-12-27-13-11-24)14-22-20(25)18-9-8-17(15(4)23-18)21(26)28-7-3/h8-9,16,19H,5-7,10-14H2,1-4H3,(H,22,25). The first-order valence-corrected chi connectivity index (χ1v) is 10.3. The second-order valence-electron chi connectivity index (χ2n) is 7.05. The molecule has 1 unspecified atom stereocenters. The van der Waals surface area contributed by atoms with E-state index in [-0.39, 0.29) is 11.9 Å². The molecule has 1 aliphatic rings. The fraction of sp³-hybridized carbons (Fsp3) is 0.667. The second-order valence-corrected chi connectivity index (χ2v) is 7.05. The molecule has 156 valence electrons. The van der Waals surface area contributed by atoms with Crippen LogP contribution in [-0.4, -0.2) is 67.3 Å². The molecule has 1 saturated heterocycles. The molecule has 7 heteroatoms. The van der Waals surface area contributed by atoms with Gasteiger partial charge in [-0.1, -0.05) is 26.7 Å². The summed E-state index contributed by atoms with van der Waals surface area (Å²) in [5.74, 6) is -0.123. The van der Waals surface area contributed by atoms with Crippen molar-refractivity contribution in [3.63, 3.8) is 0 Å². The zero-order valence-electron chi connectivity index (χ0n) is 17.5. The number of hydrogen-bond acceptors (Lipinski definition) is 6. The highest BCUT2D eigenvalue weighted by atomic mass is 16.5. The number of nitrogens with zero attached hydrogens (tertiary/aromatic N) is 2. The molecule has 1 amide bonds. The Morgan fingerprint density at radius 2 is 1.89 bits per heavy atom. The Morgan fingerprint density at radius 1 is 1.21 bits per heavy atom. The molecule has 2 heterocycles. The fourth-order valence-corrected chi connectivity index (χ4v) is 3.74. The van der Waals surface area contributed by atoms with Crippen molar-refractivity contribution in [2.75, 3.05) is 39.5 Å². The van der Waals surface area contributed by atoms with Gasteiger partial charge in [0.25, 0.3) is 5.91 Å². The number of esters is 1. The van der Waals surface area contributed by atoms with Gasteiger partial charge >= 0.3 is 5.97 Å². The van der Waals surface area contributed by atoms with Gasteiger partial charge in [0, 0.05) is 25.7 Å². The molecule has 0 spiro atoms. The number of pyridine rings is 1. The molecule has 1 aromatic rings. The van der Waals surface area contributed by atoms with Gasteiger partial charge in [-0.05, 0) is 31.9 Å². The van der Waals surface area contributed by atoms with Crippen molar-refractivity contribution in [2.45, 2.75) is 46.6 Å². The fourth-order valence-electron chi connectivity index (χ4n) is 3.74. The van der Waals surface area contributed by atoms with Crippen LogP contribution in [0.3, 0.4) is 0 Å². The molecular formula is C21H33N3O4. The summed E-state index contributed by atoms with van der Waals surface area (Å²) in [5.41, 5.74) is 1.20. The lowest BCUT2D eigenvalue weighted by molar-refractivity contribution is 0.00189. The van der Waals surface area contributed by atoms with Crippen LogP contribution in [0.25, 0.3) is 0 Å². The maximum atomic E-state index is 12.7. The number of amides is 1. The molecule has 0 radical (unpaired) electrons. The smallest absolute Gasteiger partial charge is 0.339 e. The Morgan fingerprint density at radius 3 is 2.46 bits per heavy atom. The molecule has 0 aliphatic carbocycles. The summed E-state index contributed by atoms with van der Waals surface area (Å²) in [5, 5.41) is 3.05. The van der Waals surface area contributed by atoms with Crippen molar-refractivity contribution < 1.29 is 19.1 Å². The van der Waals surface area contributed by atoms with Crippen LogP contribution in [-0.2, 0) is 9.47 Å². The summed E-state index contributed by atoms with van der Waals surface area (Å²) in [6.07, 6.45) is 2.14. The van der Waals surface area contributed by atoms with E-state index < -0.39 is 5.97 Å². The number of rotatable bonds is 9. The van der Waals surface area contributed by atoms with Gasteiger partial charge in [0.1, 0.15) is 5.69 Å². The van der Waals surface area contributed by atoms with Gasteiger partial charge in [-0.25, -0.2) is 9.78 Å². The van der Waals surface area contributed by atoms with Crippen LogP contribution >= 0.6 is 0 Å². The van der Waals surface area contributed by atoms with Gasteiger partial charge in [-0.15, -0.1) is 0 Å². The van der Waals surface area contributed by atoms with Crippen molar-refractivity contribution in [1.82, 2.24) is 15.2 Å². The van der Waals surface area contributed by atoms with Crippen molar-refractivity contribution in [1.29, 1.82) is 0 Å². The van der Waals surface area contributed by atoms with Crippen LogP contribution in [0.2, 0.25) is 0 Å². The lowest BCUT2D eigenvalue weighted by Gasteiger charge is -2.38. The summed E-state index contributed by atoms with van der Waals surface area (Å²) < 4.78 is 10.5. The van der Waals surface area contributed by atoms with E-state index in [4.69, 9.17) is 9.47 Å². The third kappa shape index (κ3) is 5.75. The van der Waals surface area contributed by atoms with Crippen LogP contribution in [0.4, 0.5) is 0 Å². The Balaban J connectivity index is 2.05. The molecular weight excluding hydrogens is 358 g/mol. The maximum Gasteiger partial charge on any atom is 0.339 e. The van der Waals surface area contributed by atoms with E-state index in [1.165, 1.54) is 0 Å². The number of hydrogen-bond donors (Lipinski definition) is 1. The molecule has 1 N–H and O–H groups in total. The average Bonchev–Trinajstić information content (AvgIpc) is 2.71. The molecule has 1 aliphatic heterocycles. The largest absolute Gasteiger partial charge is 0.462 e. The summed E-state index contributed by atoms with van der Waals surface area (Å²) in [4.78, 5) is 31.3. The molecule has 1 atom stereocenters. The number of morpholine rings is 1. The third-order valence-electron chi connectivity index (χ3n) is 5.39. The van der Waals surface area contributed by atoms with E-state index in [0.29, 0.717) is 36.0 Å². The first kappa shape index (κ1) is 22.3. The van der Waals surface area contributed by atoms with Crippen LogP contribution < -0.4 is 5.32 Å². The highest BCUT2D eigenvalue weighted by Crippen LogP contribution is 2.20. The molecule has 1 aromatic heterocycles. The van der Waals surface area contributed by atoms with E-state index in [9.17, 15) is 9.59 Å². The zero-order valence-corrected chi connectivity index (χ0v) is 17.5. The van der Waals surface area contributed by atoms with E-state index in [0.717, 1.165) is 39.1 Å². The van der Waals surface area contributed by atoms with E-state index in [2.05, 4.69) is 29.0 Å². The second kappa shape index (κ2) is 11.1. The summed E-state index contributed by atoms with van der Waals surface area (Å²) >= 11 is 0. The van der Waals surface area contributed by atoms with Crippen molar-refractivity contribution in [2.24, 2.45) is 5.92 Å². The Hall–Kier alpha value is -1.99. The minimum Gasteiger partial charge on any atom is -0.462 e. The van der Waals surface area contributed by atoms with Gasteiger partial charge in [-0.3, -0.25) is 9.69 Å². The van der Waals surface area contributed by atoms with Gasteiger partial charge < -0.3 is 14.8 Å². The van der Waals surface area contributed by atoms with Gasteiger partial charge in [0.15, 0.2) is 0 Å². The lowest BCUT2D eigenvalue weighted by atomic mass is 9.92. The zero-order chi connectivity index (χ0) is 20.5. The average molecular weight is 392 g/mol. The molecule has 0 saturated carbocycles. The Bertz CT molecular complexity index is 655. The molecule has 0 bridgehead atoms. The quantitative estimate of drug-likeness (QED) is 0.651. The normalized spacial score (nSPS) is 16.0. The van der Waals surface area contributed by atoms with Crippen LogP contribution in [0.5, 0.6) is 0 Å². The number of carbonyl (C=O) groups excluding carboxylic acids is 2. The number of aryl methyl sites for hydroxylation is 1. The van der Waals surface area contributed by atoms with Crippen LogP contribution in [0, 0.1) is 12.8 Å². The Labute approximate surface area is 167 Å². The number of nitrogens with one attached hydrogen (secondary N) is 1. The first-order valence-electron chi connectivity index (χ1n) is 10.3. The first-order chi connectivity index (χ1) is 13.5. The van der Waals surface area contributed by atoms with Crippen LogP contribution in [0.1, 0.15) is 60.2 Å². The maximum absolute atomic E-state index is 12.7. The highest BCUT2D eigenvalue weighted by molar-refractivity contribution is 5.95. The van der Waals surface area contributed by atoms with Gasteiger partial charge in [0.2, 0.25) is 0 Å². The van der Waals surface area contributed by atoms with Crippen molar-refractivity contribution >= 4 is 11.9 Å². The number of aromatic nitrogens is 1. The predicted octanol–water partition coefficient (Wildman–Crippen LogP) is 2.43. The Kier molecular flexibility index (Phi) is 8.86. The number of carbonyl (C=O) groups is 2. The van der Waals surface area contributed by atoms with E-state index >= 15 is 0 Å². The lowest BCUT2D eigenvalue weighted by Crippen LogP contribution is -2.52. The van der Waals surface area contributed by atoms with E-state index in [1.54, 1.807) is 26.0 Å². The molecule has 0 aromatic carbocycles. The van der Waals surface area contributed by atoms with E-state index in [1.807, 2.05) is 0 Å². The van der Waals surface area contributed by atoms with Gasteiger partial charge in [0.05, 0.1) is 31.1 Å². The molecule has 28 heavy (non-hydrogen) atoms. The monoisotopic (exact) mass is 391 g/mol. The molecule has 1 fully saturated rings. The minimum atomic E-state index is -0.416. The minimum absolute atomic E-state index is 0.220. The van der Waals surface area contributed by atoms with Crippen molar-refractivity contribution in [3.8, 4) is 0 Å². The highest BCUT2D eigenvalue weighted by Gasteiger charge is 2.27. The predicted molar refractivity (Wildman–Crippen MR) is 108 cm³/mol. The SMILES string of the molecule is CCOC(=O)c1ccc(C(=O)NCC(C(CC)CC)N2CCOCC2)nc1C. The third-order valence-corrected chi connectivity index (χ3v) is 5.39. The van der Waals surface area contributed by atoms with Gasteiger partial charge in [-0.2, -0.15) is 0 Å². The summed E-state index contributed by atoms with van der Waals surface area (Å²) in [6, 6.07) is 3.47. The molecule has 7 nitrogen and oxygen atoms in total. The topological polar surface area (TPSA) is 80.8 Å². The van der Waals surface area contributed by atoms with Crippen molar-refractivity contribution in [3.05, 3.63) is 29.1 Å².